The summed E-state index contributed by atoms with van der Waals surface area (Å²) in [5, 5.41) is 2.72. The van der Waals surface area contributed by atoms with E-state index in [2.05, 4.69) is 10.0 Å². The number of carbonyl (C=O) groups excluding carboxylic acids is 3. The number of carbonyl (C=O) groups is 3. The van der Waals surface area contributed by atoms with Gasteiger partial charge in [-0.05, 0) is 62.1 Å². The minimum atomic E-state index is -3.86. The highest BCUT2D eigenvalue weighted by molar-refractivity contribution is 7.92. The molecule has 2 aromatic rings. The minimum Gasteiger partial charge on any atom is -0.326 e. The van der Waals surface area contributed by atoms with E-state index in [0.29, 0.717) is 29.8 Å². The molecule has 1 fully saturated rings. The smallest absolute Gasteiger partial charge is 0.261 e. The van der Waals surface area contributed by atoms with E-state index < -0.39 is 15.9 Å². The normalized spacial score (nSPS) is 19.8. The summed E-state index contributed by atoms with van der Waals surface area (Å²) in [4.78, 5) is 38.9. The molecule has 2 aromatic carbocycles. The number of fused-ring (bicyclic) bond motifs is 1. The number of imide groups is 1. The van der Waals surface area contributed by atoms with Crippen molar-refractivity contribution in [3.8, 4) is 0 Å². The number of amides is 3. The Balaban J connectivity index is 1.42. The van der Waals surface area contributed by atoms with Gasteiger partial charge in [-0.15, -0.1) is 0 Å². The fourth-order valence-electron chi connectivity index (χ4n) is 4.34. The molecule has 0 unspecified atom stereocenters. The Morgan fingerprint density at radius 2 is 1.68 bits per heavy atom. The predicted molar refractivity (Wildman–Crippen MR) is 128 cm³/mol. The maximum absolute atomic E-state index is 12.8. The van der Waals surface area contributed by atoms with Gasteiger partial charge >= 0.3 is 0 Å². The summed E-state index contributed by atoms with van der Waals surface area (Å²) in [5.41, 5.74) is 2.41. The molecule has 2 N–H and O–H groups in total. The minimum absolute atomic E-state index is 0.00243. The first-order chi connectivity index (χ1) is 16.2. The maximum Gasteiger partial charge on any atom is 0.261 e. The summed E-state index contributed by atoms with van der Waals surface area (Å²) < 4.78 is 28.2. The SMILES string of the molecule is Cc1cccc(NS(=O)(=O)c2ccc(C)c(NC(=O)CCN3C(=O)[C@@H]4CC=CC[C@H]4C3=O)c2)c1. The summed E-state index contributed by atoms with van der Waals surface area (Å²) in [6.45, 7) is 3.62. The van der Waals surface area contributed by atoms with Crippen LogP contribution in [0.15, 0.2) is 59.5 Å². The third kappa shape index (κ3) is 4.89. The van der Waals surface area contributed by atoms with Gasteiger partial charge in [0.05, 0.1) is 16.7 Å². The van der Waals surface area contributed by atoms with Crippen LogP contribution in [0.5, 0.6) is 0 Å². The lowest BCUT2D eigenvalue weighted by molar-refractivity contribution is -0.140. The highest BCUT2D eigenvalue weighted by Gasteiger charge is 2.46. The summed E-state index contributed by atoms with van der Waals surface area (Å²) >= 11 is 0. The third-order valence-corrected chi connectivity index (χ3v) is 7.60. The number of hydrogen-bond donors (Lipinski definition) is 2. The van der Waals surface area contributed by atoms with E-state index in [0.717, 1.165) is 5.56 Å². The zero-order valence-corrected chi connectivity index (χ0v) is 19.9. The first-order valence-electron chi connectivity index (χ1n) is 11.2. The molecule has 1 heterocycles. The standard InChI is InChI=1S/C25H27N3O5S/c1-16-6-5-7-18(14-16)27-34(32,33)19-11-10-17(2)22(15-19)26-23(29)12-13-28-24(30)20-8-3-4-9-21(20)25(28)31/h3-7,10-11,14-15,20-21,27H,8-9,12-13H2,1-2H3,(H,26,29)/t20-,21-/m1/s1. The number of nitrogens with zero attached hydrogens (tertiary/aromatic N) is 1. The van der Waals surface area contributed by atoms with Crippen LogP contribution in [0, 0.1) is 25.7 Å². The number of likely N-dealkylation sites (tertiary alicyclic amines) is 1. The van der Waals surface area contributed by atoms with Crippen LogP contribution in [0.4, 0.5) is 11.4 Å². The van der Waals surface area contributed by atoms with Gasteiger partial charge in [-0.2, -0.15) is 0 Å². The van der Waals surface area contributed by atoms with E-state index in [4.69, 9.17) is 0 Å². The van der Waals surface area contributed by atoms with Gasteiger partial charge < -0.3 is 5.32 Å². The molecule has 0 saturated carbocycles. The first-order valence-corrected chi connectivity index (χ1v) is 12.6. The molecule has 0 spiro atoms. The Morgan fingerprint density at radius 3 is 2.32 bits per heavy atom. The summed E-state index contributed by atoms with van der Waals surface area (Å²) in [5.74, 6) is -1.51. The molecule has 178 valence electrons. The second kappa shape index (κ2) is 9.42. The van der Waals surface area contributed by atoms with Crippen LogP contribution in [0.25, 0.3) is 0 Å². The number of anilines is 2. The Kier molecular flexibility index (Phi) is 6.56. The average molecular weight is 482 g/mol. The zero-order valence-electron chi connectivity index (χ0n) is 19.1. The molecule has 2 atom stereocenters. The van der Waals surface area contributed by atoms with Crippen molar-refractivity contribution in [3.63, 3.8) is 0 Å². The highest BCUT2D eigenvalue weighted by atomic mass is 32.2. The van der Waals surface area contributed by atoms with Gasteiger partial charge in [-0.25, -0.2) is 8.42 Å². The molecular weight excluding hydrogens is 454 g/mol. The molecule has 1 aliphatic heterocycles. The average Bonchev–Trinajstić information content (AvgIpc) is 3.03. The molecule has 8 nitrogen and oxygen atoms in total. The van der Waals surface area contributed by atoms with Gasteiger partial charge in [0.1, 0.15) is 0 Å². The fourth-order valence-corrected chi connectivity index (χ4v) is 5.42. The lowest BCUT2D eigenvalue weighted by atomic mass is 9.85. The predicted octanol–water partition coefficient (Wildman–Crippen LogP) is 3.38. The van der Waals surface area contributed by atoms with Crippen LogP contribution < -0.4 is 10.0 Å². The summed E-state index contributed by atoms with van der Waals surface area (Å²) in [6, 6.07) is 11.5. The molecule has 0 bridgehead atoms. The van der Waals surface area contributed by atoms with Crippen molar-refractivity contribution >= 4 is 39.1 Å². The van der Waals surface area contributed by atoms with Crippen LogP contribution in [0.2, 0.25) is 0 Å². The van der Waals surface area contributed by atoms with Gasteiger partial charge in [0.15, 0.2) is 0 Å². The van der Waals surface area contributed by atoms with E-state index in [1.54, 1.807) is 31.2 Å². The fraction of sp³-hybridized carbons (Fsp3) is 0.320. The molecule has 1 aliphatic carbocycles. The van der Waals surface area contributed by atoms with Crippen molar-refractivity contribution in [2.24, 2.45) is 11.8 Å². The molecular formula is C25H27N3O5S. The molecule has 9 heteroatoms. The summed E-state index contributed by atoms with van der Waals surface area (Å²) in [7, 11) is -3.86. The molecule has 4 rings (SSSR count). The van der Waals surface area contributed by atoms with Gasteiger partial charge in [0.2, 0.25) is 17.7 Å². The van der Waals surface area contributed by atoms with Crippen LogP contribution in [-0.4, -0.2) is 37.6 Å². The molecule has 2 aliphatic rings. The number of sulfonamides is 1. The number of nitrogens with one attached hydrogen (secondary N) is 2. The first kappa shape index (κ1) is 23.7. The van der Waals surface area contributed by atoms with Crippen molar-refractivity contribution in [1.29, 1.82) is 0 Å². The van der Waals surface area contributed by atoms with Crippen molar-refractivity contribution in [2.45, 2.75) is 38.0 Å². The summed E-state index contributed by atoms with van der Waals surface area (Å²) in [6.07, 6.45) is 4.87. The number of aryl methyl sites for hydroxylation is 2. The molecule has 3 amide bonds. The lowest BCUT2D eigenvalue weighted by Crippen LogP contribution is -2.34. The van der Waals surface area contributed by atoms with E-state index in [1.165, 1.54) is 17.0 Å². The van der Waals surface area contributed by atoms with E-state index in [9.17, 15) is 22.8 Å². The molecule has 1 saturated heterocycles. The maximum atomic E-state index is 12.8. The van der Waals surface area contributed by atoms with Gasteiger partial charge in [0.25, 0.3) is 10.0 Å². The molecule has 0 radical (unpaired) electrons. The van der Waals surface area contributed by atoms with Crippen LogP contribution >= 0.6 is 0 Å². The number of benzene rings is 2. The Labute approximate surface area is 199 Å². The van der Waals surface area contributed by atoms with E-state index in [1.807, 2.05) is 25.1 Å². The zero-order chi connectivity index (χ0) is 24.5. The van der Waals surface area contributed by atoms with Crippen molar-refractivity contribution < 1.29 is 22.8 Å². The third-order valence-electron chi connectivity index (χ3n) is 6.23. The quantitative estimate of drug-likeness (QED) is 0.465. The van der Waals surface area contributed by atoms with Crippen molar-refractivity contribution in [1.82, 2.24) is 4.90 Å². The monoisotopic (exact) mass is 481 g/mol. The number of rotatable bonds is 7. The van der Waals surface area contributed by atoms with Crippen LogP contribution in [-0.2, 0) is 24.4 Å². The van der Waals surface area contributed by atoms with Crippen LogP contribution in [0.1, 0.15) is 30.4 Å². The Bertz CT molecular complexity index is 1260. The highest BCUT2D eigenvalue weighted by Crippen LogP contribution is 2.35. The van der Waals surface area contributed by atoms with E-state index >= 15 is 0 Å². The number of hydrogen-bond acceptors (Lipinski definition) is 5. The van der Waals surface area contributed by atoms with Gasteiger partial charge in [-0.1, -0.05) is 30.4 Å². The Morgan fingerprint density at radius 1 is 1.00 bits per heavy atom. The van der Waals surface area contributed by atoms with Gasteiger partial charge in [0, 0.05) is 24.3 Å². The lowest BCUT2D eigenvalue weighted by Gasteiger charge is -2.15. The largest absolute Gasteiger partial charge is 0.326 e. The van der Waals surface area contributed by atoms with E-state index in [-0.39, 0.29) is 41.5 Å². The molecule has 0 aromatic heterocycles. The second-order valence-electron chi connectivity index (χ2n) is 8.73. The van der Waals surface area contributed by atoms with Crippen molar-refractivity contribution in [3.05, 3.63) is 65.7 Å². The number of allylic oxidation sites excluding steroid dienone is 2. The second-order valence-corrected chi connectivity index (χ2v) is 10.4. The van der Waals surface area contributed by atoms with Gasteiger partial charge in [-0.3, -0.25) is 24.0 Å². The Hall–Kier alpha value is -3.46. The topological polar surface area (TPSA) is 113 Å². The van der Waals surface area contributed by atoms with Crippen molar-refractivity contribution in [2.75, 3.05) is 16.6 Å². The molecule has 34 heavy (non-hydrogen) atoms. The van der Waals surface area contributed by atoms with Crippen LogP contribution in [0.3, 0.4) is 0 Å².